The minimum Gasteiger partial charge on any atom is -0.308 e. The highest BCUT2D eigenvalue weighted by Crippen LogP contribution is 1.95. The Bertz CT molecular complexity index is 311. The molecule has 0 unspecified atom stereocenters. The Balaban J connectivity index is 2.37. The molecule has 0 bridgehead atoms. The molecular weight excluding hydrogens is 214 g/mol. The third-order valence-corrected chi connectivity index (χ3v) is 2.60. The van der Waals surface area contributed by atoms with E-state index in [0.29, 0.717) is 0 Å². The average Bonchev–Trinajstić information content (AvgIpc) is 2.20. The first-order valence-corrected chi connectivity index (χ1v) is 5.59. The van der Waals surface area contributed by atoms with Crippen molar-refractivity contribution in [2.24, 2.45) is 0 Å². The van der Waals surface area contributed by atoms with Gasteiger partial charge < -0.3 is 5.43 Å². The van der Waals surface area contributed by atoms with Crippen LogP contribution in [0.25, 0.3) is 0 Å². The normalized spacial score (nSPS) is 10.9. The van der Waals surface area contributed by atoms with Crippen molar-refractivity contribution < 1.29 is 0 Å². The van der Waals surface area contributed by atoms with E-state index in [9.17, 15) is 0 Å². The van der Waals surface area contributed by atoms with E-state index in [0.717, 1.165) is 27.8 Å². The fourth-order valence-electron chi connectivity index (χ4n) is 0.880. The number of hydrogen-bond acceptors (Lipinski definition) is 3. The molecule has 0 aliphatic carbocycles. The van der Waals surface area contributed by atoms with Gasteiger partial charge in [0.1, 0.15) is 4.32 Å². The van der Waals surface area contributed by atoms with Crippen LogP contribution < -0.4 is 10.9 Å². The lowest BCUT2D eigenvalue weighted by Gasteiger charge is -1.99. The molecule has 14 heavy (non-hydrogen) atoms. The monoisotopic (exact) mass is 227 g/mol. The Morgan fingerprint density at radius 2 is 2.50 bits per heavy atom. The second kappa shape index (κ2) is 6.64. The molecular formula is C9H13N3S2. The molecule has 0 radical (unpaired) electrons. The van der Waals surface area contributed by atoms with Crippen LogP contribution in [0.2, 0.25) is 0 Å². The maximum absolute atomic E-state index is 5.03. The fourth-order valence-corrected chi connectivity index (χ4v) is 1.83. The topological polar surface area (TPSA) is 37.0 Å². The molecule has 1 aromatic heterocycles. The highest BCUT2D eigenvalue weighted by atomic mass is 32.2. The molecule has 0 amide bonds. The van der Waals surface area contributed by atoms with Gasteiger partial charge in [0.05, 0.1) is 0 Å². The molecule has 1 heterocycles. The first kappa shape index (κ1) is 11.3. The maximum Gasteiger partial charge on any atom is 0.139 e. The zero-order valence-corrected chi connectivity index (χ0v) is 9.61. The van der Waals surface area contributed by atoms with Crippen molar-refractivity contribution in [1.29, 1.82) is 0 Å². The van der Waals surface area contributed by atoms with Crippen molar-refractivity contribution in [1.82, 2.24) is 15.8 Å². The van der Waals surface area contributed by atoms with Crippen LogP contribution in [0, 0.1) is 0 Å². The average molecular weight is 227 g/mol. The number of thiol groups is 1. The van der Waals surface area contributed by atoms with E-state index in [1.165, 1.54) is 0 Å². The molecule has 0 spiro atoms. The Morgan fingerprint density at radius 1 is 1.64 bits per heavy atom. The van der Waals surface area contributed by atoms with Crippen LogP contribution in [-0.2, 0) is 6.42 Å². The number of nitrogens with zero attached hydrogens (tertiary/aromatic N) is 1. The van der Waals surface area contributed by atoms with Gasteiger partial charge in [-0.2, -0.15) is 0 Å². The number of thiocarbonyl (C=S) groups is 1. The SMILES string of the molecule is CNNC(=S)/[SH]=C/Cc1ccccn1. The summed E-state index contributed by atoms with van der Waals surface area (Å²) in [6.45, 7) is 0. The molecule has 0 aliphatic heterocycles. The third-order valence-electron chi connectivity index (χ3n) is 1.47. The molecule has 0 saturated heterocycles. The van der Waals surface area contributed by atoms with E-state index in [1.54, 1.807) is 13.2 Å². The van der Waals surface area contributed by atoms with Crippen LogP contribution >= 0.6 is 23.6 Å². The Hall–Kier alpha value is -0.780. The number of aromatic nitrogens is 1. The van der Waals surface area contributed by atoms with E-state index < -0.39 is 0 Å². The summed E-state index contributed by atoms with van der Waals surface area (Å²) in [6, 6.07) is 5.90. The summed E-state index contributed by atoms with van der Waals surface area (Å²) >= 11 is 6.04. The molecule has 0 atom stereocenters. The zero-order valence-electron chi connectivity index (χ0n) is 7.90. The van der Waals surface area contributed by atoms with Crippen molar-refractivity contribution in [3.8, 4) is 0 Å². The second-order valence-corrected chi connectivity index (χ2v) is 4.30. The van der Waals surface area contributed by atoms with Gasteiger partial charge in [0.2, 0.25) is 0 Å². The van der Waals surface area contributed by atoms with Gasteiger partial charge in [-0.05, 0) is 12.1 Å². The lowest BCUT2D eigenvalue weighted by atomic mass is 10.3. The van der Waals surface area contributed by atoms with E-state index in [2.05, 4.69) is 21.2 Å². The summed E-state index contributed by atoms with van der Waals surface area (Å²) in [5.74, 6) is 0. The van der Waals surface area contributed by atoms with Crippen molar-refractivity contribution in [2.45, 2.75) is 6.42 Å². The summed E-state index contributed by atoms with van der Waals surface area (Å²) < 4.78 is 0.767. The van der Waals surface area contributed by atoms with Gasteiger partial charge in [0.15, 0.2) is 0 Å². The quantitative estimate of drug-likeness (QED) is 0.407. The number of pyridine rings is 1. The summed E-state index contributed by atoms with van der Waals surface area (Å²) in [5.41, 5.74) is 6.69. The summed E-state index contributed by atoms with van der Waals surface area (Å²) in [5, 5.41) is 2.08. The molecule has 3 nitrogen and oxygen atoms in total. The first-order chi connectivity index (χ1) is 6.83. The largest absolute Gasteiger partial charge is 0.308 e. The fraction of sp³-hybridized carbons (Fsp3) is 0.222. The lowest BCUT2D eigenvalue weighted by Crippen LogP contribution is -2.30. The number of hydrogen-bond donors (Lipinski definition) is 3. The van der Waals surface area contributed by atoms with Crippen LogP contribution in [0.1, 0.15) is 5.69 Å². The molecule has 1 rings (SSSR count). The van der Waals surface area contributed by atoms with Crippen molar-refractivity contribution in [2.75, 3.05) is 7.05 Å². The molecule has 5 heteroatoms. The van der Waals surface area contributed by atoms with Crippen LogP contribution in [-0.4, -0.2) is 21.7 Å². The minimum atomic E-state index is 0.767. The van der Waals surface area contributed by atoms with Gasteiger partial charge in [-0.25, -0.2) is 5.43 Å². The van der Waals surface area contributed by atoms with Gasteiger partial charge in [-0.15, -0.1) is 11.4 Å². The summed E-state index contributed by atoms with van der Waals surface area (Å²) in [6.07, 6.45) is 2.64. The highest BCUT2D eigenvalue weighted by molar-refractivity contribution is 8.21. The van der Waals surface area contributed by atoms with Crippen molar-refractivity contribution in [3.05, 3.63) is 30.1 Å². The highest BCUT2D eigenvalue weighted by Gasteiger charge is 1.88. The van der Waals surface area contributed by atoms with Gasteiger partial charge in [-0.1, -0.05) is 23.7 Å². The maximum atomic E-state index is 5.03. The molecule has 2 N–H and O–H groups in total. The van der Waals surface area contributed by atoms with Gasteiger partial charge in [0.25, 0.3) is 0 Å². The molecule has 0 saturated carbocycles. The second-order valence-electron chi connectivity index (χ2n) is 2.52. The van der Waals surface area contributed by atoms with E-state index >= 15 is 0 Å². The molecule has 0 fully saturated rings. The molecule has 0 aliphatic rings. The lowest BCUT2D eigenvalue weighted by molar-refractivity contribution is 0.786. The van der Waals surface area contributed by atoms with Crippen molar-refractivity contribution >= 4 is 33.3 Å². The zero-order chi connectivity index (χ0) is 10.2. The Morgan fingerprint density at radius 3 is 3.14 bits per heavy atom. The number of hydrazine groups is 1. The van der Waals surface area contributed by atoms with Gasteiger partial charge in [-0.3, -0.25) is 4.98 Å². The van der Waals surface area contributed by atoms with E-state index in [-0.39, 0.29) is 0 Å². The van der Waals surface area contributed by atoms with E-state index in [1.807, 2.05) is 18.2 Å². The minimum absolute atomic E-state index is 0.767. The third kappa shape index (κ3) is 4.45. The number of rotatable bonds is 3. The summed E-state index contributed by atoms with van der Waals surface area (Å²) in [7, 11) is 1.79. The van der Waals surface area contributed by atoms with E-state index in [4.69, 9.17) is 12.2 Å². The standard InChI is InChI=1S/C9H13N3S2/c1-10-12-9(13)14-7-5-8-4-2-3-6-11-8/h2-4,6-7,10,14H,5H2,1H3,(H,12,13). The van der Waals surface area contributed by atoms with Crippen LogP contribution in [0.4, 0.5) is 0 Å². The Kier molecular flexibility index (Phi) is 5.36. The predicted octanol–water partition coefficient (Wildman–Crippen LogP) is 0.901. The van der Waals surface area contributed by atoms with Crippen LogP contribution in [0.3, 0.4) is 0 Å². The molecule has 1 aromatic rings. The molecule has 0 aromatic carbocycles. The van der Waals surface area contributed by atoms with Crippen molar-refractivity contribution in [3.63, 3.8) is 0 Å². The van der Waals surface area contributed by atoms with Gasteiger partial charge >= 0.3 is 0 Å². The Labute approximate surface area is 92.9 Å². The predicted molar refractivity (Wildman–Crippen MR) is 67.8 cm³/mol. The first-order valence-electron chi connectivity index (χ1n) is 4.22. The van der Waals surface area contributed by atoms with Crippen LogP contribution in [0.5, 0.6) is 0 Å². The van der Waals surface area contributed by atoms with Gasteiger partial charge in [0, 0.05) is 25.4 Å². The smallest absolute Gasteiger partial charge is 0.139 e. The molecule has 76 valence electrons. The van der Waals surface area contributed by atoms with Crippen LogP contribution in [0.15, 0.2) is 24.4 Å². The summed E-state index contributed by atoms with van der Waals surface area (Å²) in [4.78, 5) is 4.21. The number of nitrogens with one attached hydrogen (secondary N) is 2.